The Morgan fingerprint density at radius 3 is 1.42 bits per heavy atom. The van der Waals surface area contributed by atoms with E-state index in [1.165, 1.54) is 35.9 Å². The fraction of sp³-hybridized carbons (Fsp3) is 0.326. The molecule has 6 N–H and O–H groups in total. The minimum absolute atomic E-state index is 0.0730. The SMILES string of the molecule is CC1(C)OB(C2=CCOCC2)OC1(C)C.COC(=O)c1ccncc1Br.Nc1nn(C2CCOCC2)cc1-c1ccccc1.O=[N+]([O-])c1[nH]ncc1-c1ccccc1.O=[N+]([O-])c1[nH]ncc1Br.O=[N+]([O-])c1nn(C2=CCOCC2)cc1-c1ccccc1.O=[N+]([O-])c1nn(C2CCCCO2)cc1-c1ccccc1.O=[N+]([O-])c1nn(C2CCCCO2)cc1Br.OB(O)c1ccccc1. The van der Waals surface area contributed by atoms with Gasteiger partial charge in [0.15, 0.2) is 18.3 Å². The van der Waals surface area contributed by atoms with Crippen molar-refractivity contribution in [3.05, 3.63) is 294 Å². The number of carbonyl (C=O) groups is 1. The van der Waals surface area contributed by atoms with Crippen LogP contribution in [-0.2, 0) is 37.7 Å². The van der Waals surface area contributed by atoms with Crippen LogP contribution in [0.25, 0.3) is 50.2 Å². The molecule has 6 aliphatic rings. The highest BCUT2D eigenvalue weighted by atomic mass is 79.9. The summed E-state index contributed by atoms with van der Waals surface area (Å²) in [6.45, 7) is 13.9. The van der Waals surface area contributed by atoms with Gasteiger partial charge in [-0.2, -0.15) is 19.1 Å². The number of nitrogens with one attached hydrogen (secondary N) is 2. The highest BCUT2D eigenvalue weighted by Gasteiger charge is 2.52. The molecule has 688 valence electrons. The standard InChI is InChI=1S/C14H15N3O3.C14H13N3O3.C14H17N3O.C11H19BO3.C9H7N3O2.C8H10BrN3O3.C7H6BrNO2.C6H7BO2.C3H2BrN3O2/c18-17(19)14-12(11-6-2-1-3-7-11)10-16(15-14)13-8-4-5-9-20-13;18-17(19)14-13(11-4-2-1-3-5-11)10-16(15-14)12-6-8-20-9-7-12;15-14-13(11-4-2-1-3-5-11)10-17(16-14)12-6-8-18-9-7-12;1-10(2)11(3,4)15-12(14-10)9-5-7-13-8-6-9;13-12(14)9-8(6-10-11-9)7-4-2-1-3-5-7;9-6-5-11(10-8(6)12(13)14)7-3-1-2-4-15-7;1-11-7(10)5-2-3-9-4-6(5)8;8-7(9)6-4-2-1-3-5-6;4-2-1-5-6-3(2)7(8)9/h1-3,6-7,10,13H,4-5,8-9H2;1-6,10H,7-9H2;1-5,10,12H,6-9H2,(H2,15,16);5H,6-8H2,1-4H3;1-6H,(H,10,11);5,7H,1-4H2;2-4H,1H3;1-5,8-9H;1H,(H,5,6). The number of aromatic nitrogens is 13. The molecule has 4 fully saturated rings. The molecule has 7 aromatic heterocycles. The van der Waals surface area contributed by atoms with Crippen LogP contribution in [0.2, 0.25) is 0 Å². The summed E-state index contributed by atoms with van der Waals surface area (Å²) in [6, 6.07) is 48.5. The van der Waals surface area contributed by atoms with Gasteiger partial charge in [-0.1, -0.05) is 168 Å². The molecule has 45 heteroatoms. The Kier molecular flexibility index (Phi) is 38.4. The molecule has 0 aliphatic carbocycles. The third kappa shape index (κ3) is 29.2. The minimum atomic E-state index is -1.34. The van der Waals surface area contributed by atoms with Gasteiger partial charge in [-0.05, 0) is 203 Å². The van der Waals surface area contributed by atoms with E-state index in [0.29, 0.717) is 92.4 Å². The van der Waals surface area contributed by atoms with E-state index >= 15 is 0 Å². The summed E-state index contributed by atoms with van der Waals surface area (Å²) < 4.78 is 51.5. The lowest BCUT2D eigenvalue weighted by atomic mass is 9.75. The number of carbonyl (C=O) groups excluding carboxylic acids is 1. The van der Waals surface area contributed by atoms with Crippen LogP contribution in [0.15, 0.2) is 238 Å². The number of esters is 1. The van der Waals surface area contributed by atoms with E-state index in [1.54, 1.807) is 76.6 Å². The van der Waals surface area contributed by atoms with E-state index in [1.807, 2.05) is 114 Å². The Balaban J connectivity index is 0.000000155. The van der Waals surface area contributed by atoms with Gasteiger partial charge in [0, 0.05) is 57.0 Å². The fourth-order valence-corrected chi connectivity index (χ4v) is 14.4. The van der Waals surface area contributed by atoms with Crippen molar-refractivity contribution >= 4 is 114 Å². The quantitative estimate of drug-likeness (QED) is 0.0259. The van der Waals surface area contributed by atoms with E-state index in [4.69, 9.17) is 48.8 Å². The lowest BCUT2D eigenvalue weighted by molar-refractivity contribution is -0.390. The summed E-state index contributed by atoms with van der Waals surface area (Å²) in [7, 11) is -0.181. The van der Waals surface area contributed by atoms with E-state index in [2.05, 4.69) is 150 Å². The molecule has 0 amide bonds. The van der Waals surface area contributed by atoms with Crippen molar-refractivity contribution in [2.24, 2.45) is 0 Å². The lowest BCUT2D eigenvalue weighted by Gasteiger charge is -2.32. The van der Waals surface area contributed by atoms with Crippen molar-refractivity contribution < 1.29 is 77.2 Å². The number of hydrogen-bond acceptors (Lipinski definition) is 29. The zero-order valence-corrected chi connectivity index (χ0v) is 76.7. The van der Waals surface area contributed by atoms with Crippen LogP contribution in [0.5, 0.6) is 0 Å². The van der Waals surface area contributed by atoms with Crippen LogP contribution >= 0.6 is 47.8 Å². The topological polar surface area (TPSA) is 515 Å². The number of methoxy groups -OCH3 is 1. The van der Waals surface area contributed by atoms with E-state index < -0.39 is 31.7 Å². The van der Waals surface area contributed by atoms with Crippen LogP contribution in [0.3, 0.4) is 0 Å². The first-order valence-electron chi connectivity index (χ1n) is 41.3. The largest absolute Gasteiger partial charge is 0.490 e. The van der Waals surface area contributed by atoms with Crippen molar-refractivity contribution in [2.45, 2.75) is 122 Å². The zero-order valence-electron chi connectivity index (χ0n) is 71.9. The normalized spacial score (nSPS) is 16.4. The second-order valence-corrected chi connectivity index (χ2v) is 32.7. The first kappa shape index (κ1) is 101. The van der Waals surface area contributed by atoms with Gasteiger partial charge in [0.1, 0.15) is 20.1 Å². The second-order valence-electron chi connectivity index (χ2n) is 30.1. The van der Waals surface area contributed by atoms with Crippen molar-refractivity contribution in [1.29, 1.82) is 0 Å². The number of rotatable bonds is 16. The summed E-state index contributed by atoms with van der Waals surface area (Å²) in [5, 5.41) is 98.8. The maximum Gasteiger partial charge on any atom is 0.490 e. The molecular weight excluding hydrogens is 1900 g/mol. The third-order valence-electron chi connectivity index (χ3n) is 20.8. The smallest absolute Gasteiger partial charge is 0.465 e. The van der Waals surface area contributed by atoms with Gasteiger partial charge in [-0.3, -0.25) is 9.67 Å². The van der Waals surface area contributed by atoms with Gasteiger partial charge in [0.2, 0.25) is 0 Å². The number of nitrogen functional groups attached to an aromatic ring is 1. The van der Waals surface area contributed by atoms with Gasteiger partial charge in [0.05, 0.1) is 118 Å². The summed E-state index contributed by atoms with van der Waals surface area (Å²) in [5.74, 6) is -0.351. The summed E-state index contributed by atoms with van der Waals surface area (Å²) in [6.07, 6.45) is 26.1. The monoisotopic (exact) mass is 1990 g/mol. The molecule has 13 heterocycles. The average Bonchev–Trinajstić information content (AvgIpc) is 1.60. The lowest BCUT2D eigenvalue weighted by Crippen LogP contribution is -2.41. The summed E-state index contributed by atoms with van der Waals surface area (Å²) in [4.78, 5) is 65.9. The molecule has 0 spiro atoms. The van der Waals surface area contributed by atoms with Gasteiger partial charge in [-0.25, -0.2) is 4.79 Å². The predicted molar refractivity (Wildman–Crippen MR) is 497 cm³/mol. The number of H-pyrrole nitrogens is 2. The highest BCUT2D eigenvalue weighted by Crippen LogP contribution is 2.41. The Morgan fingerprint density at radius 1 is 0.504 bits per heavy atom. The van der Waals surface area contributed by atoms with Crippen molar-refractivity contribution in [1.82, 2.24) is 64.5 Å². The Bertz CT molecular complexity index is 5720. The molecule has 131 heavy (non-hydrogen) atoms. The number of benzene rings is 5. The average molecular weight is 1990 g/mol. The molecule has 6 aliphatic heterocycles. The maximum absolute atomic E-state index is 11.2. The van der Waals surface area contributed by atoms with Crippen molar-refractivity contribution in [3.63, 3.8) is 0 Å². The Morgan fingerprint density at radius 2 is 0.977 bits per heavy atom. The molecular formula is C86H96B2Br3N19O21. The number of aromatic amines is 2. The Labute approximate surface area is 777 Å². The molecule has 18 rings (SSSR count). The minimum Gasteiger partial charge on any atom is -0.465 e. The molecule has 0 bridgehead atoms. The van der Waals surface area contributed by atoms with Crippen molar-refractivity contribution in [2.75, 3.05) is 65.7 Å². The molecule has 0 radical (unpaired) electrons. The maximum atomic E-state index is 11.2. The zero-order chi connectivity index (χ0) is 94.0. The first-order valence-corrected chi connectivity index (χ1v) is 43.6. The van der Waals surface area contributed by atoms with Gasteiger partial charge in [0.25, 0.3) is 0 Å². The molecule has 0 saturated carbocycles. The number of anilines is 1. The van der Waals surface area contributed by atoms with E-state index in [0.717, 1.165) is 111 Å². The van der Waals surface area contributed by atoms with E-state index in [-0.39, 0.29) is 65.8 Å². The number of pyridine rings is 1. The molecule has 12 aromatic rings. The number of nitrogens with two attached hydrogens (primary N) is 1. The number of nitro groups is 5. The third-order valence-corrected chi connectivity index (χ3v) is 22.6. The van der Waals surface area contributed by atoms with E-state index in [9.17, 15) is 55.4 Å². The summed E-state index contributed by atoms with van der Waals surface area (Å²) >= 11 is 9.21. The molecule has 5 aromatic carbocycles. The van der Waals surface area contributed by atoms with Gasteiger partial charge < -0.3 is 104 Å². The number of nitrogens with zero attached hydrogens (tertiary/aromatic N) is 16. The molecule has 2 unspecified atom stereocenters. The van der Waals surface area contributed by atoms with Gasteiger partial charge >= 0.3 is 49.3 Å². The number of halogens is 3. The molecule has 2 atom stereocenters. The van der Waals surface area contributed by atoms with Crippen molar-refractivity contribution in [3.8, 4) is 44.5 Å². The fourth-order valence-electron chi connectivity index (χ4n) is 13.2. The second kappa shape index (κ2) is 50.0. The van der Waals surface area contributed by atoms with Crippen LogP contribution in [0.4, 0.5) is 34.9 Å². The number of ether oxygens (including phenoxy) is 6. The van der Waals surface area contributed by atoms with Crippen LogP contribution in [0.1, 0.15) is 121 Å². The highest BCUT2D eigenvalue weighted by molar-refractivity contribution is 9.11. The predicted octanol–water partition coefficient (Wildman–Crippen LogP) is 16.6. The van der Waals surface area contributed by atoms with Crippen LogP contribution in [0, 0.1) is 50.6 Å². The van der Waals surface area contributed by atoms with Gasteiger partial charge in [-0.15, -0.1) is 10.2 Å². The number of hydrogen-bond donors (Lipinski definition) is 5. The first-order chi connectivity index (χ1) is 63.0. The summed E-state index contributed by atoms with van der Waals surface area (Å²) in [5.41, 5.74) is 14.8. The molecule has 40 nitrogen and oxygen atoms in total. The molecule has 4 saturated heterocycles. The van der Waals surface area contributed by atoms with Crippen LogP contribution < -0.4 is 11.2 Å². The van der Waals surface area contributed by atoms with Crippen LogP contribution in [-0.4, -0.2) is 191 Å². The Hall–Kier alpha value is -12.5.